The Labute approximate surface area is 150 Å². The van der Waals surface area contributed by atoms with Crippen LogP contribution in [0.1, 0.15) is 36.0 Å². The molecule has 1 aromatic carbocycles. The molecule has 0 saturated heterocycles. The van der Waals surface area contributed by atoms with Gasteiger partial charge in [0.1, 0.15) is 11.3 Å². The van der Waals surface area contributed by atoms with E-state index in [0.717, 1.165) is 35.8 Å². The van der Waals surface area contributed by atoms with Crippen LogP contribution >= 0.6 is 0 Å². The molecule has 0 spiro atoms. The van der Waals surface area contributed by atoms with Crippen LogP contribution in [0.15, 0.2) is 21.3 Å². The maximum atomic E-state index is 12.2. The number of carboxylic acid groups (broad SMARTS) is 1. The van der Waals surface area contributed by atoms with Crippen molar-refractivity contribution in [1.82, 2.24) is 5.32 Å². The van der Waals surface area contributed by atoms with Gasteiger partial charge >= 0.3 is 11.6 Å². The van der Waals surface area contributed by atoms with Crippen molar-refractivity contribution in [1.29, 1.82) is 0 Å². The van der Waals surface area contributed by atoms with Crippen LogP contribution in [0, 0.1) is 6.92 Å². The molecular weight excluding hydrogens is 338 g/mol. The molecule has 1 aliphatic carbocycles. The second-order valence-electron chi connectivity index (χ2n) is 6.47. The number of ether oxygens (including phenoxy) is 1. The molecule has 1 aliphatic rings. The van der Waals surface area contributed by atoms with Gasteiger partial charge in [-0.2, -0.15) is 0 Å². The summed E-state index contributed by atoms with van der Waals surface area (Å²) in [6.07, 6.45) is 3.28. The van der Waals surface area contributed by atoms with Crippen LogP contribution in [0.4, 0.5) is 0 Å². The van der Waals surface area contributed by atoms with Gasteiger partial charge < -0.3 is 19.6 Å². The fourth-order valence-electron chi connectivity index (χ4n) is 3.28. The number of fused-ring (bicyclic) bond motifs is 3. The van der Waals surface area contributed by atoms with Gasteiger partial charge in [0.2, 0.25) is 0 Å². The van der Waals surface area contributed by atoms with E-state index in [0.29, 0.717) is 23.3 Å². The zero-order chi connectivity index (χ0) is 18.7. The maximum Gasteiger partial charge on any atom is 0.339 e. The third-order valence-electron chi connectivity index (χ3n) is 4.45. The molecule has 7 heteroatoms. The number of carboxylic acids is 1. The molecule has 2 N–H and O–H groups in total. The summed E-state index contributed by atoms with van der Waals surface area (Å²) >= 11 is 0. The number of amides is 1. The van der Waals surface area contributed by atoms with Crippen LogP contribution in [0.5, 0.6) is 5.75 Å². The van der Waals surface area contributed by atoms with Gasteiger partial charge in [0, 0.05) is 12.1 Å². The van der Waals surface area contributed by atoms with Crippen molar-refractivity contribution >= 4 is 22.8 Å². The third kappa shape index (κ3) is 3.87. The lowest BCUT2D eigenvalue weighted by atomic mass is 9.90. The van der Waals surface area contributed by atoms with Crippen LogP contribution in [-0.2, 0) is 22.4 Å². The standard InChI is InChI=1S/C19H21NO6/c1-11-8-14(25-10-16(21)20-7-6-17(22)23)18-12-4-2-3-5-13(12)19(24)26-15(18)9-11/h8-9H,2-7,10H2,1H3,(H,20,21)(H,22,23). The Morgan fingerprint density at radius 3 is 2.69 bits per heavy atom. The molecule has 1 amide bonds. The molecule has 1 aromatic heterocycles. The molecule has 0 unspecified atom stereocenters. The Balaban J connectivity index is 1.87. The van der Waals surface area contributed by atoms with E-state index in [1.807, 2.05) is 13.0 Å². The summed E-state index contributed by atoms with van der Waals surface area (Å²) in [6.45, 7) is 1.68. The second kappa shape index (κ2) is 7.59. The van der Waals surface area contributed by atoms with Gasteiger partial charge in [-0.15, -0.1) is 0 Å². The second-order valence-corrected chi connectivity index (χ2v) is 6.47. The van der Waals surface area contributed by atoms with Crippen LogP contribution in [0.2, 0.25) is 0 Å². The number of carbonyl (C=O) groups is 2. The van der Waals surface area contributed by atoms with Crippen molar-refractivity contribution in [2.75, 3.05) is 13.2 Å². The summed E-state index contributed by atoms with van der Waals surface area (Å²) in [6, 6.07) is 3.62. The first-order valence-electron chi connectivity index (χ1n) is 8.66. The van der Waals surface area contributed by atoms with Gasteiger partial charge in [0.25, 0.3) is 5.91 Å². The molecular formula is C19H21NO6. The van der Waals surface area contributed by atoms with Gasteiger partial charge in [0.05, 0.1) is 11.8 Å². The highest BCUT2D eigenvalue weighted by atomic mass is 16.5. The van der Waals surface area contributed by atoms with Crippen molar-refractivity contribution in [3.63, 3.8) is 0 Å². The topological polar surface area (TPSA) is 106 Å². The van der Waals surface area contributed by atoms with Crippen molar-refractivity contribution in [2.45, 2.75) is 39.0 Å². The number of hydrogen-bond acceptors (Lipinski definition) is 5. The number of benzene rings is 1. The number of aliphatic carboxylic acids is 1. The van der Waals surface area contributed by atoms with E-state index < -0.39 is 11.9 Å². The Hall–Kier alpha value is -2.83. The molecule has 0 radical (unpaired) electrons. The van der Waals surface area contributed by atoms with E-state index >= 15 is 0 Å². The van der Waals surface area contributed by atoms with Gasteiger partial charge in [-0.3, -0.25) is 9.59 Å². The highest BCUT2D eigenvalue weighted by Gasteiger charge is 2.21. The van der Waals surface area contributed by atoms with Gasteiger partial charge in [-0.1, -0.05) is 0 Å². The largest absolute Gasteiger partial charge is 0.483 e. The lowest BCUT2D eigenvalue weighted by molar-refractivity contribution is -0.137. The van der Waals surface area contributed by atoms with Crippen molar-refractivity contribution in [3.8, 4) is 5.75 Å². The van der Waals surface area contributed by atoms with E-state index in [2.05, 4.69) is 5.32 Å². The summed E-state index contributed by atoms with van der Waals surface area (Å²) in [5.41, 5.74) is 2.68. The summed E-state index contributed by atoms with van der Waals surface area (Å²) in [5, 5.41) is 11.9. The molecule has 2 aromatic rings. The fourth-order valence-corrected chi connectivity index (χ4v) is 3.28. The molecule has 0 fully saturated rings. The van der Waals surface area contributed by atoms with Crippen LogP contribution in [0.3, 0.4) is 0 Å². The first-order chi connectivity index (χ1) is 12.5. The Morgan fingerprint density at radius 1 is 1.23 bits per heavy atom. The van der Waals surface area contributed by atoms with E-state index in [9.17, 15) is 14.4 Å². The minimum Gasteiger partial charge on any atom is -0.483 e. The Kier molecular flexibility index (Phi) is 5.25. The number of aryl methyl sites for hydroxylation is 2. The lowest BCUT2D eigenvalue weighted by Crippen LogP contribution is -2.30. The molecule has 0 aliphatic heterocycles. The minimum absolute atomic E-state index is 0.0519. The number of rotatable bonds is 6. The smallest absolute Gasteiger partial charge is 0.339 e. The van der Waals surface area contributed by atoms with Gasteiger partial charge in [-0.25, -0.2) is 4.79 Å². The molecule has 138 valence electrons. The third-order valence-corrected chi connectivity index (χ3v) is 4.45. The summed E-state index contributed by atoms with van der Waals surface area (Å²) < 4.78 is 11.2. The highest BCUT2D eigenvalue weighted by Crippen LogP contribution is 2.34. The molecule has 1 heterocycles. The summed E-state index contributed by atoms with van der Waals surface area (Å²) in [5.74, 6) is -0.861. The van der Waals surface area contributed by atoms with Crippen molar-refractivity contribution < 1.29 is 23.8 Å². The number of hydrogen-bond donors (Lipinski definition) is 2. The SMILES string of the molecule is Cc1cc(OCC(=O)NCCC(=O)O)c2c3c(c(=O)oc2c1)CCCC3. The number of nitrogens with one attached hydrogen (secondary N) is 1. The number of carbonyl (C=O) groups excluding carboxylic acids is 1. The summed E-state index contributed by atoms with van der Waals surface area (Å²) in [4.78, 5) is 34.6. The zero-order valence-electron chi connectivity index (χ0n) is 14.6. The molecule has 0 atom stereocenters. The molecule has 3 rings (SSSR count). The molecule has 0 saturated carbocycles. The van der Waals surface area contributed by atoms with E-state index in [-0.39, 0.29) is 25.2 Å². The van der Waals surface area contributed by atoms with Crippen LogP contribution < -0.4 is 15.7 Å². The first-order valence-corrected chi connectivity index (χ1v) is 8.66. The quantitative estimate of drug-likeness (QED) is 0.764. The zero-order valence-corrected chi connectivity index (χ0v) is 14.6. The first kappa shape index (κ1) is 18.0. The van der Waals surface area contributed by atoms with E-state index in [1.165, 1.54) is 0 Å². The van der Waals surface area contributed by atoms with Gasteiger partial charge in [0.15, 0.2) is 6.61 Å². The van der Waals surface area contributed by atoms with Crippen LogP contribution in [0.25, 0.3) is 11.0 Å². The monoisotopic (exact) mass is 359 g/mol. The average molecular weight is 359 g/mol. The minimum atomic E-state index is -0.974. The fraction of sp³-hybridized carbons (Fsp3) is 0.421. The van der Waals surface area contributed by atoms with E-state index in [1.54, 1.807) is 6.07 Å². The molecule has 7 nitrogen and oxygen atoms in total. The van der Waals surface area contributed by atoms with Gasteiger partial charge in [-0.05, 0) is 55.9 Å². The van der Waals surface area contributed by atoms with Crippen molar-refractivity contribution in [3.05, 3.63) is 39.2 Å². The molecule has 0 bridgehead atoms. The average Bonchev–Trinajstić information content (AvgIpc) is 2.59. The molecule has 26 heavy (non-hydrogen) atoms. The highest BCUT2D eigenvalue weighted by molar-refractivity contribution is 5.89. The predicted molar refractivity (Wildman–Crippen MR) is 94.6 cm³/mol. The summed E-state index contributed by atoms with van der Waals surface area (Å²) in [7, 11) is 0. The van der Waals surface area contributed by atoms with E-state index in [4.69, 9.17) is 14.3 Å². The lowest BCUT2D eigenvalue weighted by Gasteiger charge is -2.18. The van der Waals surface area contributed by atoms with Crippen LogP contribution in [-0.4, -0.2) is 30.1 Å². The van der Waals surface area contributed by atoms with Crippen molar-refractivity contribution in [2.24, 2.45) is 0 Å². The maximum absolute atomic E-state index is 12.2. The Morgan fingerprint density at radius 2 is 1.96 bits per heavy atom. The predicted octanol–water partition coefficient (Wildman–Crippen LogP) is 1.95. The Bertz CT molecular complexity index is 914. The normalized spacial score (nSPS) is 13.3.